The molecule has 2 amide bonds. The van der Waals surface area contributed by atoms with Gasteiger partial charge < -0.3 is 15.4 Å². The Morgan fingerprint density at radius 1 is 1.07 bits per heavy atom. The summed E-state index contributed by atoms with van der Waals surface area (Å²) in [7, 11) is 0. The fourth-order valence-corrected chi connectivity index (χ4v) is 3.26. The van der Waals surface area contributed by atoms with E-state index < -0.39 is 6.04 Å². The summed E-state index contributed by atoms with van der Waals surface area (Å²) < 4.78 is 6.89. The zero-order chi connectivity index (χ0) is 21.3. The highest BCUT2D eigenvalue weighted by atomic mass is 32.2. The number of hydrogen-bond acceptors (Lipinski definition) is 6. The Kier molecular flexibility index (Phi) is 7.45. The molecule has 3 rings (SSSR count). The van der Waals surface area contributed by atoms with E-state index in [4.69, 9.17) is 4.74 Å². The second-order valence-electron chi connectivity index (χ2n) is 6.36. The molecule has 0 aliphatic rings. The summed E-state index contributed by atoms with van der Waals surface area (Å²) in [5.74, 6) is 0.797. The molecule has 9 heteroatoms. The van der Waals surface area contributed by atoms with Crippen LogP contribution in [0.5, 0.6) is 5.75 Å². The number of anilines is 2. The lowest BCUT2D eigenvalue weighted by Gasteiger charge is -2.12. The number of carbonyl (C=O) groups is 2. The lowest BCUT2D eigenvalue weighted by atomic mass is 10.2. The average Bonchev–Trinajstić information content (AvgIpc) is 3.29. The number of nitrogens with zero attached hydrogens (tertiary/aromatic N) is 3. The molecule has 0 saturated heterocycles. The van der Waals surface area contributed by atoms with E-state index in [1.807, 2.05) is 31.2 Å². The summed E-state index contributed by atoms with van der Waals surface area (Å²) >= 11 is 1.45. The minimum absolute atomic E-state index is 0.106. The van der Waals surface area contributed by atoms with Crippen molar-refractivity contribution in [3.05, 3.63) is 61.2 Å². The summed E-state index contributed by atoms with van der Waals surface area (Å²) in [5.41, 5.74) is 1.29. The third-order valence-corrected chi connectivity index (χ3v) is 5.17. The van der Waals surface area contributed by atoms with Crippen molar-refractivity contribution in [3.8, 4) is 5.75 Å². The van der Waals surface area contributed by atoms with Crippen LogP contribution in [0.4, 0.5) is 11.4 Å². The topological polar surface area (TPSA) is 98.1 Å². The van der Waals surface area contributed by atoms with Gasteiger partial charge >= 0.3 is 0 Å². The van der Waals surface area contributed by atoms with E-state index in [1.54, 1.807) is 31.2 Å². The van der Waals surface area contributed by atoms with Gasteiger partial charge in [0.25, 0.3) is 0 Å². The van der Waals surface area contributed by atoms with Crippen LogP contribution in [0.1, 0.15) is 19.9 Å². The molecule has 156 valence electrons. The number of carbonyl (C=O) groups excluding carboxylic acids is 2. The third kappa shape index (κ3) is 6.08. The van der Waals surface area contributed by atoms with E-state index in [-0.39, 0.29) is 11.8 Å². The number of aromatic nitrogens is 3. The molecule has 1 unspecified atom stereocenters. The molecule has 0 bridgehead atoms. The van der Waals surface area contributed by atoms with E-state index in [2.05, 4.69) is 20.7 Å². The van der Waals surface area contributed by atoms with Gasteiger partial charge in [-0.15, -0.1) is 11.8 Å². The van der Waals surface area contributed by atoms with Crippen molar-refractivity contribution in [1.82, 2.24) is 14.8 Å². The van der Waals surface area contributed by atoms with Crippen LogP contribution in [0.15, 0.2) is 66.1 Å². The van der Waals surface area contributed by atoms with Crippen LogP contribution < -0.4 is 15.4 Å². The number of hydrogen-bond donors (Lipinski definition) is 2. The molecule has 1 atom stereocenters. The molecular weight excluding hydrogens is 402 g/mol. The molecule has 1 aromatic heterocycles. The van der Waals surface area contributed by atoms with Gasteiger partial charge in [0.15, 0.2) is 0 Å². The first-order valence-electron chi connectivity index (χ1n) is 9.45. The van der Waals surface area contributed by atoms with Crippen molar-refractivity contribution in [2.24, 2.45) is 0 Å². The van der Waals surface area contributed by atoms with Crippen molar-refractivity contribution < 1.29 is 14.3 Å². The first kappa shape index (κ1) is 21.4. The van der Waals surface area contributed by atoms with Crippen LogP contribution in [0.3, 0.4) is 0 Å². The van der Waals surface area contributed by atoms with Crippen molar-refractivity contribution >= 4 is 35.0 Å². The smallest absolute Gasteiger partial charge is 0.249 e. The Bertz CT molecular complexity index is 959. The maximum atomic E-state index is 12.3. The Labute approximate surface area is 179 Å². The van der Waals surface area contributed by atoms with Crippen molar-refractivity contribution in [2.75, 3.05) is 23.0 Å². The molecule has 30 heavy (non-hydrogen) atoms. The predicted octanol–water partition coefficient (Wildman–Crippen LogP) is 3.61. The molecule has 1 heterocycles. The van der Waals surface area contributed by atoms with Crippen molar-refractivity contribution in [1.29, 1.82) is 0 Å². The first-order valence-corrected chi connectivity index (χ1v) is 10.4. The van der Waals surface area contributed by atoms with Crippen LogP contribution in [0, 0.1) is 0 Å². The molecule has 0 radical (unpaired) electrons. The fourth-order valence-electron chi connectivity index (χ4n) is 2.57. The normalized spacial score (nSPS) is 11.5. The minimum Gasteiger partial charge on any atom is -0.494 e. The second-order valence-corrected chi connectivity index (χ2v) is 7.41. The lowest BCUT2D eigenvalue weighted by Crippen LogP contribution is -2.24. The zero-order valence-corrected chi connectivity index (χ0v) is 17.6. The number of thioether (sulfide) groups is 1. The van der Waals surface area contributed by atoms with Crippen LogP contribution in [-0.2, 0) is 9.59 Å². The fraction of sp³-hybridized carbons (Fsp3) is 0.238. The molecular formula is C21H23N5O3S. The van der Waals surface area contributed by atoms with Gasteiger partial charge in [0.2, 0.25) is 11.8 Å². The van der Waals surface area contributed by atoms with Crippen LogP contribution in [-0.4, -0.2) is 38.9 Å². The highest BCUT2D eigenvalue weighted by molar-refractivity contribution is 8.00. The molecule has 0 aliphatic heterocycles. The minimum atomic E-state index is -0.480. The quantitative estimate of drug-likeness (QED) is 0.508. The summed E-state index contributed by atoms with van der Waals surface area (Å²) in [4.78, 5) is 29.3. The van der Waals surface area contributed by atoms with Crippen molar-refractivity contribution in [3.63, 3.8) is 0 Å². The van der Waals surface area contributed by atoms with Gasteiger partial charge in [0.05, 0.1) is 12.4 Å². The molecule has 0 spiro atoms. The summed E-state index contributed by atoms with van der Waals surface area (Å²) in [6.07, 6.45) is 2.88. The molecule has 0 fully saturated rings. The van der Waals surface area contributed by atoms with E-state index in [0.717, 1.165) is 10.6 Å². The summed E-state index contributed by atoms with van der Waals surface area (Å²) in [6.45, 7) is 4.30. The first-order chi connectivity index (χ1) is 14.5. The Hall–Kier alpha value is -3.33. The van der Waals surface area contributed by atoms with E-state index in [1.165, 1.54) is 29.1 Å². The Morgan fingerprint density at radius 3 is 2.33 bits per heavy atom. The number of nitrogens with one attached hydrogen (secondary N) is 2. The van der Waals surface area contributed by atoms with E-state index in [0.29, 0.717) is 23.7 Å². The molecule has 0 saturated carbocycles. The molecule has 3 aromatic rings. The summed E-state index contributed by atoms with van der Waals surface area (Å²) in [6, 6.07) is 14.1. The standard InChI is InChI=1S/C21H23N5O3S/c1-3-29-18-8-10-19(11-9-18)30-12-20(27)24-16-4-6-17(7-5-16)25-21(28)15(2)26-14-22-13-23-26/h4-11,13-15H,3,12H2,1-2H3,(H,24,27)(H,25,28). The molecule has 8 nitrogen and oxygen atoms in total. The third-order valence-electron chi connectivity index (χ3n) is 4.15. The van der Waals surface area contributed by atoms with Crippen LogP contribution in [0.2, 0.25) is 0 Å². The van der Waals surface area contributed by atoms with Gasteiger partial charge in [-0.2, -0.15) is 5.10 Å². The highest BCUT2D eigenvalue weighted by Crippen LogP contribution is 2.22. The van der Waals surface area contributed by atoms with E-state index in [9.17, 15) is 9.59 Å². The molecule has 2 aromatic carbocycles. The van der Waals surface area contributed by atoms with E-state index >= 15 is 0 Å². The zero-order valence-electron chi connectivity index (χ0n) is 16.7. The van der Waals surface area contributed by atoms with Gasteiger partial charge in [0, 0.05) is 16.3 Å². The van der Waals surface area contributed by atoms with Gasteiger partial charge in [-0.05, 0) is 62.4 Å². The molecule has 2 N–H and O–H groups in total. The average molecular weight is 426 g/mol. The van der Waals surface area contributed by atoms with Gasteiger partial charge in [-0.25, -0.2) is 9.67 Å². The Balaban J connectivity index is 1.46. The van der Waals surface area contributed by atoms with Gasteiger partial charge in [0.1, 0.15) is 24.4 Å². The summed E-state index contributed by atoms with van der Waals surface area (Å²) in [5, 5.41) is 9.63. The largest absolute Gasteiger partial charge is 0.494 e. The number of benzene rings is 2. The van der Waals surface area contributed by atoms with Crippen molar-refractivity contribution in [2.45, 2.75) is 24.8 Å². The second kappa shape index (κ2) is 10.4. The van der Waals surface area contributed by atoms with Gasteiger partial charge in [-0.3, -0.25) is 9.59 Å². The predicted molar refractivity (Wildman–Crippen MR) is 117 cm³/mol. The number of amides is 2. The lowest BCUT2D eigenvalue weighted by molar-refractivity contribution is -0.119. The van der Waals surface area contributed by atoms with Crippen LogP contribution >= 0.6 is 11.8 Å². The highest BCUT2D eigenvalue weighted by Gasteiger charge is 2.15. The SMILES string of the molecule is CCOc1ccc(SCC(=O)Nc2ccc(NC(=O)C(C)n3cncn3)cc2)cc1. The molecule has 0 aliphatic carbocycles. The maximum absolute atomic E-state index is 12.3. The maximum Gasteiger partial charge on any atom is 0.249 e. The van der Waals surface area contributed by atoms with Crippen LogP contribution in [0.25, 0.3) is 0 Å². The Morgan fingerprint density at radius 2 is 1.73 bits per heavy atom. The van der Waals surface area contributed by atoms with Gasteiger partial charge in [-0.1, -0.05) is 0 Å². The number of ether oxygens (including phenoxy) is 1. The number of rotatable bonds is 9. The monoisotopic (exact) mass is 425 g/mol.